The molecule has 2 fully saturated rings. The molecule has 70 valence electrons. The Bertz CT molecular complexity index is 314. The largest absolute Gasteiger partial charge is 0.457 e. The number of ether oxygens (including phenoxy) is 1. The Labute approximate surface area is 76.8 Å². The summed E-state index contributed by atoms with van der Waals surface area (Å²) in [4.78, 5) is 22.7. The van der Waals surface area contributed by atoms with Gasteiger partial charge in [0.15, 0.2) is 0 Å². The van der Waals surface area contributed by atoms with Crippen molar-refractivity contribution in [2.45, 2.75) is 26.4 Å². The molecule has 0 amide bonds. The van der Waals surface area contributed by atoms with Gasteiger partial charge in [-0.1, -0.05) is 6.58 Å². The number of ketones is 1. The predicted octanol–water partition coefficient (Wildman–Crippen LogP) is 1.08. The lowest BCUT2D eigenvalue weighted by atomic mass is 9.86. The minimum atomic E-state index is -0.528. The van der Waals surface area contributed by atoms with Crippen molar-refractivity contribution >= 4 is 11.8 Å². The Balaban J connectivity index is 2.38. The summed E-state index contributed by atoms with van der Waals surface area (Å²) in [5.41, 5.74) is -0.0660. The summed E-state index contributed by atoms with van der Waals surface area (Å²) < 4.78 is 5.12. The minimum Gasteiger partial charge on any atom is -0.457 e. The van der Waals surface area contributed by atoms with E-state index in [0.29, 0.717) is 12.0 Å². The summed E-state index contributed by atoms with van der Waals surface area (Å²) >= 11 is 0. The van der Waals surface area contributed by atoms with Crippen LogP contribution in [-0.2, 0) is 14.3 Å². The predicted molar refractivity (Wildman–Crippen MR) is 45.9 cm³/mol. The number of fused-ring (bicyclic) bond motifs is 1. The van der Waals surface area contributed by atoms with Crippen LogP contribution in [0.2, 0.25) is 0 Å². The highest BCUT2D eigenvalue weighted by Crippen LogP contribution is 2.47. The molecule has 0 spiro atoms. The fourth-order valence-electron chi connectivity index (χ4n) is 2.11. The van der Waals surface area contributed by atoms with E-state index in [-0.39, 0.29) is 23.8 Å². The third-order valence-electron chi connectivity index (χ3n) is 3.14. The molecule has 0 unspecified atom stereocenters. The number of esters is 1. The fraction of sp³-hybridized carbons (Fsp3) is 0.600. The van der Waals surface area contributed by atoms with Gasteiger partial charge in [0, 0.05) is 17.9 Å². The molecule has 0 bridgehead atoms. The maximum Gasteiger partial charge on any atom is 0.334 e. The number of hydrogen-bond acceptors (Lipinski definition) is 3. The Morgan fingerprint density at radius 3 is 2.62 bits per heavy atom. The monoisotopic (exact) mass is 180 g/mol. The van der Waals surface area contributed by atoms with Gasteiger partial charge in [0.2, 0.25) is 0 Å². The molecule has 0 N–H and O–H groups in total. The lowest BCUT2D eigenvalue weighted by Crippen LogP contribution is -2.31. The molecule has 2 aliphatic rings. The molecule has 2 atom stereocenters. The van der Waals surface area contributed by atoms with Crippen LogP contribution in [-0.4, -0.2) is 17.9 Å². The van der Waals surface area contributed by atoms with Crippen molar-refractivity contribution in [3.8, 4) is 0 Å². The number of carbonyl (C=O) groups is 2. The van der Waals surface area contributed by atoms with Crippen molar-refractivity contribution in [2.75, 3.05) is 0 Å². The molecular formula is C10H12O3. The van der Waals surface area contributed by atoms with Crippen LogP contribution in [0.3, 0.4) is 0 Å². The van der Waals surface area contributed by atoms with E-state index in [1.165, 1.54) is 0 Å². The quantitative estimate of drug-likeness (QED) is 0.414. The van der Waals surface area contributed by atoms with E-state index in [9.17, 15) is 9.59 Å². The molecule has 1 aliphatic heterocycles. The van der Waals surface area contributed by atoms with E-state index in [2.05, 4.69) is 6.58 Å². The first-order chi connectivity index (χ1) is 5.94. The summed E-state index contributed by atoms with van der Waals surface area (Å²) in [6, 6.07) is 0. The molecule has 1 saturated carbocycles. The Kier molecular flexibility index (Phi) is 1.45. The van der Waals surface area contributed by atoms with E-state index >= 15 is 0 Å². The Hall–Kier alpha value is -1.12. The summed E-state index contributed by atoms with van der Waals surface area (Å²) in [6.45, 7) is 7.30. The van der Waals surface area contributed by atoms with Crippen molar-refractivity contribution in [3.63, 3.8) is 0 Å². The SMILES string of the molecule is C=C1C(=O)O[C@H]2[C@@H]1CC(=O)C2(C)C. The van der Waals surface area contributed by atoms with Crippen molar-refractivity contribution in [1.29, 1.82) is 0 Å². The highest BCUT2D eigenvalue weighted by atomic mass is 16.6. The van der Waals surface area contributed by atoms with Crippen molar-refractivity contribution in [2.24, 2.45) is 11.3 Å². The van der Waals surface area contributed by atoms with Crippen LogP contribution in [0.25, 0.3) is 0 Å². The zero-order valence-corrected chi connectivity index (χ0v) is 7.79. The highest BCUT2D eigenvalue weighted by Gasteiger charge is 2.56. The summed E-state index contributed by atoms with van der Waals surface area (Å²) in [5, 5.41) is 0. The number of carbonyl (C=O) groups excluding carboxylic acids is 2. The maximum atomic E-state index is 11.5. The smallest absolute Gasteiger partial charge is 0.334 e. The highest BCUT2D eigenvalue weighted by molar-refractivity contribution is 5.97. The first-order valence-electron chi connectivity index (χ1n) is 4.37. The van der Waals surface area contributed by atoms with Crippen LogP contribution in [0, 0.1) is 11.3 Å². The molecular weight excluding hydrogens is 168 g/mol. The molecule has 13 heavy (non-hydrogen) atoms. The normalized spacial score (nSPS) is 36.3. The average Bonchev–Trinajstić information content (AvgIpc) is 2.42. The van der Waals surface area contributed by atoms with Crippen LogP contribution >= 0.6 is 0 Å². The zero-order chi connectivity index (χ0) is 9.80. The fourth-order valence-corrected chi connectivity index (χ4v) is 2.11. The Morgan fingerprint density at radius 1 is 1.46 bits per heavy atom. The second-order valence-corrected chi connectivity index (χ2v) is 4.31. The molecule has 0 aromatic rings. The molecule has 1 heterocycles. The lowest BCUT2D eigenvalue weighted by Gasteiger charge is -2.22. The first kappa shape index (κ1) is 8.48. The van der Waals surface area contributed by atoms with Gasteiger partial charge in [-0.2, -0.15) is 0 Å². The summed E-state index contributed by atoms with van der Waals surface area (Å²) in [5.74, 6) is -0.248. The zero-order valence-electron chi connectivity index (χ0n) is 7.79. The van der Waals surface area contributed by atoms with Crippen molar-refractivity contribution in [3.05, 3.63) is 12.2 Å². The molecule has 2 rings (SSSR count). The molecule has 1 saturated heterocycles. The number of Topliss-reactive ketones (excluding diaryl/α,β-unsaturated/α-hetero) is 1. The van der Waals surface area contributed by atoms with E-state index in [4.69, 9.17) is 4.74 Å². The maximum absolute atomic E-state index is 11.5. The molecule has 0 aromatic heterocycles. The van der Waals surface area contributed by atoms with Gasteiger partial charge in [-0.05, 0) is 13.8 Å². The van der Waals surface area contributed by atoms with Gasteiger partial charge < -0.3 is 4.74 Å². The second kappa shape index (κ2) is 2.22. The molecule has 3 heteroatoms. The van der Waals surface area contributed by atoms with Gasteiger partial charge in [0.05, 0.1) is 5.41 Å². The van der Waals surface area contributed by atoms with E-state index in [1.54, 1.807) is 0 Å². The average molecular weight is 180 g/mol. The minimum absolute atomic E-state index is 0.0741. The van der Waals surface area contributed by atoms with Crippen LogP contribution in [0.5, 0.6) is 0 Å². The summed E-state index contributed by atoms with van der Waals surface area (Å²) in [7, 11) is 0. The number of rotatable bonds is 0. The molecule has 0 radical (unpaired) electrons. The summed E-state index contributed by atoms with van der Waals surface area (Å²) in [6.07, 6.45) is 0.127. The second-order valence-electron chi connectivity index (χ2n) is 4.31. The van der Waals surface area contributed by atoms with Crippen molar-refractivity contribution in [1.82, 2.24) is 0 Å². The van der Waals surface area contributed by atoms with Gasteiger partial charge >= 0.3 is 5.97 Å². The van der Waals surface area contributed by atoms with Gasteiger partial charge in [0.25, 0.3) is 0 Å². The van der Waals surface area contributed by atoms with Crippen LogP contribution in [0.1, 0.15) is 20.3 Å². The van der Waals surface area contributed by atoms with Gasteiger partial charge in [-0.25, -0.2) is 4.79 Å². The van der Waals surface area contributed by atoms with E-state index < -0.39 is 5.41 Å². The third-order valence-corrected chi connectivity index (χ3v) is 3.14. The molecule has 3 nitrogen and oxygen atoms in total. The third kappa shape index (κ3) is 0.900. The first-order valence-corrected chi connectivity index (χ1v) is 4.37. The van der Waals surface area contributed by atoms with Crippen LogP contribution in [0.4, 0.5) is 0 Å². The molecule has 0 aromatic carbocycles. The van der Waals surface area contributed by atoms with Crippen LogP contribution < -0.4 is 0 Å². The Morgan fingerprint density at radius 2 is 2.08 bits per heavy atom. The molecule has 1 aliphatic carbocycles. The standard InChI is InChI=1S/C10H12O3/c1-5-6-4-7(11)10(2,3)8(6)13-9(5)12/h6,8H,1,4H2,2-3H3/t6-,8+/m1/s1. The van der Waals surface area contributed by atoms with Gasteiger partial charge in [-0.15, -0.1) is 0 Å². The van der Waals surface area contributed by atoms with E-state index in [1.807, 2.05) is 13.8 Å². The van der Waals surface area contributed by atoms with Crippen LogP contribution in [0.15, 0.2) is 12.2 Å². The van der Waals surface area contributed by atoms with Gasteiger partial charge in [-0.3, -0.25) is 4.79 Å². The lowest BCUT2D eigenvalue weighted by molar-refractivity contribution is -0.145. The van der Waals surface area contributed by atoms with Crippen molar-refractivity contribution < 1.29 is 14.3 Å². The van der Waals surface area contributed by atoms with Gasteiger partial charge in [0.1, 0.15) is 11.9 Å². The van der Waals surface area contributed by atoms with E-state index in [0.717, 1.165) is 0 Å². The topological polar surface area (TPSA) is 43.4 Å². The number of hydrogen-bond donors (Lipinski definition) is 0.